The van der Waals surface area contributed by atoms with Crippen LogP contribution in [0.5, 0.6) is 11.6 Å². The minimum Gasteiger partial charge on any atom is -0.497 e. The molecule has 0 unspecified atom stereocenters. The van der Waals surface area contributed by atoms with Crippen LogP contribution in [-0.4, -0.2) is 38.8 Å². The highest BCUT2D eigenvalue weighted by Gasteiger charge is 2.25. The van der Waals surface area contributed by atoms with E-state index in [4.69, 9.17) is 24.8 Å². The second kappa shape index (κ2) is 10.6. The Bertz CT molecular complexity index is 1830. The van der Waals surface area contributed by atoms with Gasteiger partial charge in [0.25, 0.3) is 0 Å². The summed E-state index contributed by atoms with van der Waals surface area (Å²) in [6.07, 6.45) is 2.91. The summed E-state index contributed by atoms with van der Waals surface area (Å²) >= 11 is 0. The largest absolute Gasteiger partial charge is 0.497 e. The number of fused-ring (bicyclic) bond motifs is 1. The average molecular weight is 526 g/mol. The molecule has 6 rings (SSSR count). The highest BCUT2D eigenvalue weighted by atomic mass is 16.5. The van der Waals surface area contributed by atoms with Gasteiger partial charge in [0.05, 0.1) is 37.7 Å². The third kappa shape index (κ3) is 4.44. The predicted octanol–water partition coefficient (Wildman–Crippen LogP) is 6.15. The van der Waals surface area contributed by atoms with Crippen LogP contribution in [0.2, 0.25) is 0 Å². The fourth-order valence-corrected chi connectivity index (χ4v) is 4.56. The number of hydrogen-bond donors (Lipinski definition) is 1. The molecule has 0 bridgehead atoms. The summed E-state index contributed by atoms with van der Waals surface area (Å²) in [6, 6.07) is 29.6. The SMILES string of the molecule is COc1ccc(-c2c(Nc3cnc(C#N)cn3)nc3c(-c4ccccc4)c(-c4ccccc4)nn3c2OC)cc1. The van der Waals surface area contributed by atoms with Crippen molar-refractivity contribution in [3.05, 3.63) is 103 Å². The lowest BCUT2D eigenvalue weighted by molar-refractivity contribution is 0.387. The molecule has 6 aromatic rings. The van der Waals surface area contributed by atoms with Gasteiger partial charge in [0.1, 0.15) is 29.1 Å². The number of anilines is 2. The molecule has 0 saturated carbocycles. The van der Waals surface area contributed by atoms with E-state index in [2.05, 4.69) is 15.3 Å². The molecule has 0 saturated heterocycles. The van der Waals surface area contributed by atoms with Crippen LogP contribution in [0.4, 0.5) is 11.6 Å². The van der Waals surface area contributed by atoms with E-state index in [0.29, 0.717) is 28.7 Å². The first-order valence-electron chi connectivity index (χ1n) is 12.5. The van der Waals surface area contributed by atoms with Crippen molar-refractivity contribution in [2.75, 3.05) is 19.5 Å². The molecule has 0 aliphatic heterocycles. The molecule has 0 aliphatic rings. The summed E-state index contributed by atoms with van der Waals surface area (Å²) in [5.74, 6) is 2.13. The molecule has 1 N–H and O–H groups in total. The molecule has 9 heteroatoms. The topological polar surface area (TPSA) is 110 Å². The van der Waals surface area contributed by atoms with E-state index < -0.39 is 0 Å². The molecule has 0 radical (unpaired) electrons. The zero-order valence-electron chi connectivity index (χ0n) is 21.7. The van der Waals surface area contributed by atoms with Crippen molar-refractivity contribution < 1.29 is 9.47 Å². The Morgan fingerprint density at radius 3 is 2.02 bits per heavy atom. The van der Waals surface area contributed by atoms with E-state index in [1.54, 1.807) is 18.7 Å². The van der Waals surface area contributed by atoms with Gasteiger partial charge in [-0.25, -0.2) is 15.0 Å². The van der Waals surface area contributed by atoms with Gasteiger partial charge < -0.3 is 14.8 Å². The van der Waals surface area contributed by atoms with Gasteiger partial charge in [-0.2, -0.15) is 14.9 Å². The molecule has 40 heavy (non-hydrogen) atoms. The lowest BCUT2D eigenvalue weighted by Gasteiger charge is -2.16. The average Bonchev–Trinajstić information content (AvgIpc) is 3.41. The van der Waals surface area contributed by atoms with Crippen molar-refractivity contribution in [3.8, 4) is 51.2 Å². The van der Waals surface area contributed by atoms with E-state index in [9.17, 15) is 0 Å². The van der Waals surface area contributed by atoms with Crippen LogP contribution < -0.4 is 14.8 Å². The summed E-state index contributed by atoms with van der Waals surface area (Å²) in [6.45, 7) is 0. The molecule has 9 nitrogen and oxygen atoms in total. The van der Waals surface area contributed by atoms with E-state index in [-0.39, 0.29) is 5.69 Å². The Labute approximate surface area is 230 Å². The Hall–Kier alpha value is -5.75. The lowest BCUT2D eigenvalue weighted by Crippen LogP contribution is -2.07. The summed E-state index contributed by atoms with van der Waals surface area (Å²) < 4.78 is 13.1. The first-order chi connectivity index (χ1) is 19.7. The van der Waals surface area contributed by atoms with Crippen LogP contribution >= 0.6 is 0 Å². The molecular weight excluding hydrogens is 502 g/mol. The number of aromatic nitrogens is 5. The number of nitriles is 1. The van der Waals surface area contributed by atoms with Crippen LogP contribution in [0.1, 0.15) is 5.69 Å². The first-order valence-corrected chi connectivity index (χ1v) is 12.5. The van der Waals surface area contributed by atoms with Crippen molar-refractivity contribution in [1.82, 2.24) is 24.6 Å². The minimum atomic E-state index is 0.219. The zero-order chi connectivity index (χ0) is 27.5. The molecule has 0 atom stereocenters. The minimum absolute atomic E-state index is 0.219. The molecule has 0 spiro atoms. The van der Waals surface area contributed by atoms with Crippen LogP contribution in [0.15, 0.2) is 97.3 Å². The number of rotatable bonds is 7. The molecule has 3 aromatic heterocycles. The van der Waals surface area contributed by atoms with E-state index in [1.807, 2.05) is 91.0 Å². The van der Waals surface area contributed by atoms with Crippen molar-refractivity contribution >= 4 is 17.3 Å². The van der Waals surface area contributed by atoms with Crippen molar-refractivity contribution in [2.45, 2.75) is 0 Å². The molecule has 0 amide bonds. The fraction of sp³-hybridized carbons (Fsp3) is 0.0645. The number of hydrogen-bond acceptors (Lipinski definition) is 8. The Morgan fingerprint density at radius 1 is 0.750 bits per heavy atom. The zero-order valence-corrected chi connectivity index (χ0v) is 21.7. The molecule has 0 aliphatic carbocycles. The third-order valence-electron chi connectivity index (χ3n) is 6.42. The molecule has 194 valence electrons. The van der Waals surface area contributed by atoms with Gasteiger partial charge >= 0.3 is 0 Å². The highest BCUT2D eigenvalue weighted by molar-refractivity contribution is 5.93. The quantitative estimate of drug-likeness (QED) is 0.264. The predicted molar refractivity (Wildman–Crippen MR) is 152 cm³/mol. The Morgan fingerprint density at radius 2 is 1.43 bits per heavy atom. The number of benzene rings is 3. The van der Waals surface area contributed by atoms with Gasteiger partial charge in [-0.1, -0.05) is 72.8 Å². The van der Waals surface area contributed by atoms with Gasteiger partial charge in [0.2, 0.25) is 5.88 Å². The Kier molecular flexibility index (Phi) is 6.48. The molecular formula is C31H23N7O2. The first kappa shape index (κ1) is 24.6. The van der Waals surface area contributed by atoms with Crippen molar-refractivity contribution in [2.24, 2.45) is 0 Å². The maximum Gasteiger partial charge on any atom is 0.228 e. The van der Waals surface area contributed by atoms with Gasteiger partial charge in [-0.05, 0) is 23.3 Å². The van der Waals surface area contributed by atoms with E-state index in [0.717, 1.165) is 33.7 Å². The highest BCUT2D eigenvalue weighted by Crippen LogP contribution is 2.42. The summed E-state index contributed by atoms with van der Waals surface area (Å²) in [4.78, 5) is 13.6. The van der Waals surface area contributed by atoms with Gasteiger partial charge in [-0.3, -0.25) is 0 Å². The second-order valence-electron chi connectivity index (χ2n) is 8.79. The molecule has 3 heterocycles. The van der Waals surface area contributed by atoms with E-state index in [1.165, 1.54) is 12.4 Å². The number of nitrogens with zero attached hydrogens (tertiary/aromatic N) is 6. The van der Waals surface area contributed by atoms with Crippen molar-refractivity contribution in [1.29, 1.82) is 5.26 Å². The monoisotopic (exact) mass is 525 g/mol. The molecule has 0 fully saturated rings. The lowest BCUT2D eigenvalue weighted by atomic mass is 10.0. The van der Waals surface area contributed by atoms with Crippen LogP contribution in [-0.2, 0) is 0 Å². The van der Waals surface area contributed by atoms with Crippen molar-refractivity contribution in [3.63, 3.8) is 0 Å². The summed E-state index contributed by atoms with van der Waals surface area (Å²) in [7, 11) is 3.23. The standard InChI is InChI=1S/C31H23N7O2/c1-39-24-15-13-21(14-16-24)27-29(35-25-19-33-23(17-32)18-34-25)36-30-26(20-9-5-3-6-10-20)28(22-11-7-4-8-12-22)37-38(30)31(27)40-2/h3-16,18-19H,1-2H3,(H,34,35,36). The summed E-state index contributed by atoms with van der Waals surface area (Å²) in [5, 5.41) is 17.5. The molecule has 3 aromatic carbocycles. The third-order valence-corrected chi connectivity index (χ3v) is 6.42. The Balaban J connectivity index is 1.67. The summed E-state index contributed by atoms with van der Waals surface area (Å²) in [5.41, 5.74) is 5.87. The van der Waals surface area contributed by atoms with Gasteiger partial charge in [-0.15, -0.1) is 0 Å². The smallest absolute Gasteiger partial charge is 0.228 e. The van der Waals surface area contributed by atoms with Gasteiger partial charge in [0, 0.05) is 5.56 Å². The number of nitrogens with one attached hydrogen (secondary N) is 1. The fourth-order valence-electron chi connectivity index (χ4n) is 4.56. The van der Waals surface area contributed by atoms with Gasteiger partial charge in [0.15, 0.2) is 11.3 Å². The maximum atomic E-state index is 9.15. The second-order valence-corrected chi connectivity index (χ2v) is 8.79. The number of ether oxygens (including phenoxy) is 2. The van der Waals surface area contributed by atoms with E-state index >= 15 is 0 Å². The maximum absolute atomic E-state index is 9.15. The van der Waals surface area contributed by atoms with Crippen LogP contribution in [0, 0.1) is 11.3 Å². The number of methoxy groups -OCH3 is 2. The van der Waals surface area contributed by atoms with Crippen LogP contribution in [0.25, 0.3) is 39.2 Å². The normalized spacial score (nSPS) is 10.7. The van der Waals surface area contributed by atoms with Crippen LogP contribution in [0.3, 0.4) is 0 Å².